The molecule has 1 fully saturated rings. The van der Waals surface area contributed by atoms with Crippen molar-refractivity contribution in [2.45, 2.75) is 51.5 Å². The smallest absolute Gasteiger partial charge is 0.344 e. The Labute approximate surface area is 175 Å². The third-order valence-corrected chi connectivity index (χ3v) is 5.15. The summed E-state index contributed by atoms with van der Waals surface area (Å²) in [5.74, 6) is -0.482. The molecule has 2 heterocycles. The highest BCUT2D eigenvalue weighted by atomic mass is 16.6. The molecule has 0 radical (unpaired) electrons. The van der Waals surface area contributed by atoms with E-state index in [0.29, 0.717) is 37.3 Å². The Balaban J connectivity index is 1.76. The van der Waals surface area contributed by atoms with E-state index in [4.69, 9.17) is 18.9 Å². The molecule has 2 aliphatic heterocycles. The van der Waals surface area contributed by atoms with E-state index in [9.17, 15) is 14.4 Å². The monoisotopic (exact) mass is 420 g/mol. The van der Waals surface area contributed by atoms with E-state index in [1.54, 1.807) is 12.1 Å². The molecule has 0 aliphatic carbocycles. The van der Waals surface area contributed by atoms with Crippen LogP contribution in [0.1, 0.15) is 55.3 Å². The molecule has 9 heteroatoms. The maximum absolute atomic E-state index is 12.7. The number of nitrogens with one attached hydrogen (secondary N) is 1. The van der Waals surface area contributed by atoms with Gasteiger partial charge in [-0.1, -0.05) is 0 Å². The summed E-state index contributed by atoms with van der Waals surface area (Å²) >= 11 is 0. The zero-order chi connectivity index (χ0) is 21.8. The van der Waals surface area contributed by atoms with Gasteiger partial charge < -0.3 is 24.3 Å². The highest BCUT2D eigenvalue weighted by Gasteiger charge is 2.47. The van der Waals surface area contributed by atoms with Crippen molar-refractivity contribution in [1.82, 2.24) is 10.2 Å². The molecule has 0 bridgehead atoms. The first kappa shape index (κ1) is 21.9. The molecular formula is C21H28N2O7. The Morgan fingerprint density at radius 3 is 2.70 bits per heavy atom. The number of methoxy groups -OCH3 is 2. The second-order valence-electron chi connectivity index (χ2n) is 7.44. The minimum atomic E-state index is -0.970. The van der Waals surface area contributed by atoms with Gasteiger partial charge >= 0.3 is 5.97 Å². The fourth-order valence-corrected chi connectivity index (χ4v) is 3.76. The summed E-state index contributed by atoms with van der Waals surface area (Å²) in [7, 11) is 2.90. The molecule has 1 saturated heterocycles. The Bertz CT molecular complexity index is 824. The molecule has 164 valence electrons. The van der Waals surface area contributed by atoms with Gasteiger partial charge in [0.15, 0.2) is 11.5 Å². The number of esters is 1. The van der Waals surface area contributed by atoms with E-state index in [1.165, 1.54) is 19.1 Å². The SMILES string of the molecule is COc1ccc2c(c1OC)C(=O)O[C@H]2N1C(=O)CC[C@@H]1C(=O)NCCCOC(C)C. The molecule has 0 spiro atoms. The zero-order valence-electron chi connectivity index (χ0n) is 17.7. The molecule has 2 amide bonds. The molecule has 1 N–H and O–H groups in total. The molecule has 0 unspecified atom stereocenters. The van der Waals surface area contributed by atoms with E-state index >= 15 is 0 Å². The lowest BCUT2D eigenvalue weighted by Crippen LogP contribution is -2.46. The summed E-state index contributed by atoms with van der Waals surface area (Å²) in [6.07, 6.45) is 0.413. The number of ether oxygens (including phenoxy) is 4. The number of carbonyl (C=O) groups is 3. The summed E-state index contributed by atoms with van der Waals surface area (Å²) < 4.78 is 21.5. The minimum Gasteiger partial charge on any atom is -0.493 e. The predicted octanol–water partition coefficient (Wildman–Crippen LogP) is 1.80. The Morgan fingerprint density at radius 1 is 1.27 bits per heavy atom. The number of likely N-dealkylation sites (tertiary alicyclic amines) is 1. The van der Waals surface area contributed by atoms with Crippen molar-refractivity contribution in [3.05, 3.63) is 23.3 Å². The molecule has 1 aromatic carbocycles. The van der Waals surface area contributed by atoms with Crippen LogP contribution in [-0.4, -0.2) is 62.2 Å². The largest absolute Gasteiger partial charge is 0.493 e. The van der Waals surface area contributed by atoms with Crippen LogP contribution in [0.15, 0.2) is 12.1 Å². The van der Waals surface area contributed by atoms with Crippen molar-refractivity contribution in [3.8, 4) is 11.5 Å². The van der Waals surface area contributed by atoms with Crippen LogP contribution in [-0.2, 0) is 19.1 Å². The van der Waals surface area contributed by atoms with Crippen molar-refractivity contribution < 1.29 is 33.3 Å². The van der Waals surface area contributed by atoms with Crippen LogP contribution in [0.3, 0.4) is 0 Å². The van der Waals surface area contributed by atoms with E-state index in [-0.39, 0.29) is 35.7 Å². The Morgan fingerprint density at radius 2 is 2.03 bits per heavy atom. The van der Waals surface area contributed by atoms with Crippen LogP contribution in [0.4, 0.5) is 0 Å². The van der Waals surface area contributed by atoms with Crippen molar-refractivity contribution in [3.63, 3.8) is 0 Å². The summed E-state index contributed by atoms with van der Waals surface area (Å²) in [6, 6.07) is 2.60. The molecule has 0 saturated carbocycles. The van der Waals surface area contributed by atoms with Crippen molar-refractivity contribution in [2.75, 3.05) is 27.4 Å². The molecule has 3 rings (SSSR count). The topological polar surface area (TPSA) is 103 Å². The first-order chi connectivity index (χ1) is 14.4. The van der Waals surface area contributed by atoms with Gasteiger partial charge in [0.1, 0.15) is 11.6 Å². The van der Waals surface area contributed by atoms with Gasteiger partial charge in [-0.25, -0.2) is 4.79 Å². The number of hydrogen-bond donors (Lipinski definition) is 1. The molecule has 30 heavy (non-hydrogen) atoms. The first-order valence-electron chi connectivity index (χ1n) is 10.0. The third kappa shape index (κ3) is 4.21. The van der Waals surface area contributed by atoms with E-state index in [2.05, 4.69) is 5.32 Å². The van der Waals surface area contributed by atoms with Crippen LogP contribution >= 0.6 is 0 Å². The van der Waals surface area contributed by atoms with Gasteiger partial charge in [0.25, 0.3) is 0 Å². The fraction of sp³-hybridized carbons (Fsp3) is 0.571. The standard InChI is InChI=1S/C21H28N2O7/c1-12(2)29-11-5-10-22-19(25)14-7-9-16(24)23(14)20-13-6-8-15(27-3)18(28-4)17(13)21(26)30-20/h6,8,12,14,20H,5,7,9-11H2,1-4H3,(H,22,25)/t14-,20-/m1/s1. The lowest BCUT2D eigenvalue weighted by atomic mass is 10.1. The highest BCUT2D eigenvalue weighted by Crippen LogP contribution is 2.45. The van der Waals surface area contributed by atoms with Gasteiger partial charge in [-0.15, -0.1) is 0 Å². The number of amides is 2. The summed E-state index contributed by atoms with van der Waals surface area (Å²) in [4.78, 5) is 39.3. The minimum absolute atomic E-state index is 0.136. The molecular weight excluding hydrogens is 392 g/mol. The summed E-state index contributed by atoms with van der Waals surface area (Å²) in [5.41, 5.74) is 0.697. The second kappa shape index (κ2) is 9.34. The lowest BCUT2D eigenvalue weighted by molar-refractivity contribution is -0.145. The van der Waals surface area contributed by atoms with Crippen LogP contribution < -0.4 is 14.8 Å². The van der Waals surface area contributed by atoms with Crippen molar-refractivity contribution >= 4 is 17.8 Å². The van der Waals surface area contributed by atoms with Crippen LogP contribution in [0.5, 0.6) is 11.5 Å². The number of carbonyl (C=O) groups excluding carboxylic acids is 3. The van der Waals surface area contributed by atoms with Crippen molar-refractivity contribution in [2.24, 2.45) is 0 Å². The van der Waals surface area contributed by atoms with Gasteiger partial charge in [0, 0.05) is 25.1 Å². The Kier molecular flexibility index (Phi) is 6.81. The number of hydrogen-bond acceptors (Lipinski definition) is 7. The first-order valence-corrected chi connectivity index (χ1v) is 10.0. The quantitative estimate of drug-likeness (QED) is 0.480. The highest BCUT2D eigenvalue weighted by molar-refractivity contribution is 5.99. The number of fused-ring (bicyclic) bond motifs is 1. The summed E-state index contributed by atoms with van der Waals surface area (Å²) in [5, 5.41) is 2.85. The normalized spacial score (nSPS) is 20.4. The number of cyclic esters (lactones) is 1. The number of rotatable bonds is 9. The maximum atomic E-state index is 12.7. The maximum Gasteiger partial charge on any atom is 0.344 e. The second-order valence-corrected chi connectivity index (χ2v) is 7.44. The molecule has 2 atom stereocenters. The van der Waals surface area contributed by atoms with E-state index in [0.717, 1.165) is 0 Å². The molecule has 2 aliphatic rings. The fourth-order valence-electron chi connectivity index (χ4n) is 3.76. The Hall–Kier alpha value is -2.81. The van der Waals surface area contributed by atoms with Gasteiger partial charge in [-0.2, -0.15) is 0 Å². The number of nitrogens with zero attached hydrogens (tertiary/aromatic N) is 1. The van der Waals surface area contributed by atoms with Gasteiger partial charge in [-0.05, 0) is 38.8 Å². The van der Waals surface area contributed by atoms with Gasteiger partial charge in [0.2, 0.25) is 18.0 Å². The van der Waals surface area contributed by atoms with Gasteiger partial charge in [-0.3, -0.25) is 14.5 Å². The average Bonchev–Trinajstić information content (AvgIpc) is 3.26. The molecule has 9 nitrogen and oxygen atoms in total. The van der Waals surface area contributed by atoms with E-state index < -0.39 is 18.2 Å². The van der Waals surface area contributed by atoms with Crippen LogP contribution in [0.2, 0.25) is 0 Å². The van der Waals surface area contributed by atoms with E-state index in [1.807, 2.05) is 13.8 Å². The lowest BCUT2D eigenvalue weighted by Gasteiger charge is -2.29. The average molecular weight is 420 g/mol. The zero-order valence-corrected chi connectivity index (χ0v) is 17.7. The molecule has 1 aromatic rings. The van der Waals surface area contributed by atoms with Gasteiger partial charge in [0.05, 0.1) is 20.3 Å². The van der Waals surface area contributed by atoms with Crippen LogP contribution in [0.25, 0.3) is 0 Å². The van der Waals surface area contributed by atoms with Crippen LogP contribution in [0, 0.1) is 0 Å². The molecule has 0 aromatic heterocycles. The summed E-state index contributed by atoms with van der Waals surface area (Å²) in [6.45, 7) is 4.88. The third-order valence-electron chi connectivity index (χ3n) is 5.15. The van der Waals surface area contributed by atoms with Crippen molar-refractivity contribution in [1.29, 1.82) is 0 Å². The number of benzene rings is 1. The predicted molar refractivity (Wildman–Crippen MR) is 106 cm³/mol.